The average Bonchev–Trinajstić information content (AvgIpc) is 3.16. The molecule has 0 saturated heterocycles. The maximum Gasteiger partial charge on any atom is 0.146 e. The van der Waals surface area contributed by atoms with Crippen LogP contribution in [0.5, 0.6) is 5.75 Å². The van der Waals surface area contributed by atoms with Crippen LogP contribution in [0.3, 0.4) is 0 Å². The van der Waals surface area contributed by atoms with Gasteiger partial charge in [0.2, 0.25) is 0 Å². The Bertz CT molecular complexity index is 595. The molecular formula is C15H15ClFNO2. The van der Waals surface area contributed by atoms with E-state index in [0.717, 1.165) is 17.9 Å². The van der Waals surface area contributed by atoms with Crippen molar-refractivity contribution in [2.24, 2.45) is 0 Å². The van der Waals surface area contributed by atoms with Crippen molar-refractivity contribution in [1.82, 2.24) is 5.32 Å². The minimum absolute atomic E-state index is 0.0533. The van der Waals surface area contributed by atoms with Gasteiger partial charge >= 0.3 is 0 Å². The first-order valence-corrected chi connectivity index (χ1v) is 6.96. The van der Waals surface area contributed by atoms with E-state index in [-0.39, 0.29) is 5.02 Å². The number of ether oxygens (including phenoxy) is 1. The normalized spacial score (nSPS) is 14.5. The summed E-state index contributed by atoms with van der Waals surface area (Å²) in [7, 11) is 0. The summed E-state index contributed by atoms with van der Waals surface area (Å²) in [6.07, 6.45) is 4.15. The molecule has 1 aliphatic rings. The second-order valence-corrected chi connectivity index (χ2v) is 5.30. The Kier molecular flexibility index (Phi) is 3.94. The molecule has 0 radical (unpaired) electrons. The SMILES string of the molecule is Fc1ccc(OCc2occc2CNC2CC2)cc1Cl. The van der Waals surface area contributed by atoms with Gasteiger partial charge < -0.3 is 14.5 Å². The number of nitrogens with one attached hydrogen (secondary N) is 1. The van der Waals surface area contributed by atoms with Crippen molar-refractivity contribution in [1.29, 1.82) is 0 Å². The highest BCUT2D eigenvalue weighted by Crippen LogP contribution is 2.23. The highest BCUT2D eigenvalue weighted by molar-refractivity contribution is 6.30. The van der Waals surface area contributed by atoms with Gasteiger partial charge in [0.15, 0.2) is 0 Å². The van der Waals surface area contributed by atoms with E-state index < -0.39 is 5.82 Å². The van der Waals surface area contributed by atoms with Gasteiger partial charge in [0.05, 0.1) is 11.3 Å². The fraction of sp³-hybridized carbons (Fsp3) is 0.333. The first-order valence-electron chi connectivity index (χ1n) is 6.59. The quantitative estimate of drug-likeness (QED) is 0.877. The van der Waals surface area contributed by atoms with E-state index in [1.165, 1.54) is 25.0 Å². The molecule has 20 heavy (non-hydrogen) atoms. The number of benzene rings is 1. The molecule has 106 valence electrons. The number of hydrogen-bond donors (Lipinski definition) is 1. The predicted molar refractivity (Wildman–Crippen MR) is 74.3 cm³/mol. The summed E-state index contributed by atoms with van der Waals surface area (Å²) < 4.78 is 24.0. The third-order valence-corrected chi connectivity index (χ3v) is 3.55. The van der Waals surface area contributed by atoms with E-state index in [2.05, 4.69) is 5.32 Å². The van der Waals surface area contributed by atoms with E-state index in [0.29, 0.717) is 18.4 Å². The number of rotatable bonds is 6. The molecule has 2 aromatic rings. The molecule has 3 rings (SSSR count). The predicted octanol–water partition coefficient (Wildman–Crippen LogP) is 3.90. The molecule has 0 aliphatic heterocycles. The van der Waals surface area contributed by atoms with Gasteiger partial charge in [0, 0.05) is 24.2 Å². The molecule has 0 bridgehead atoms. The standard InChI is InChI=1S/C15H15ClFNO2/c16-13-7-12(3-4-14(13)17)20-9-15-10(5-6-19-15)8-18-11-1-2-11/h3-7,11,18H,1-2,8-9H2. The molecule has 3 nitrogen and oxygen atoms in total. The third kappa shape index (κ3) is 3.32. The summed E-state index contributed by atoms with van der Waals surface area (Å²) in [5.41, 5.74) is 1.09. The fourth-order valence-corrected chi connectivity index (χ4v) is 2.08. The summed E-state index contributed by atoms with van der Waals surface area (Å²) >= 11 is 5.71. The first kappa shape index (κ1) is 13.5. The van der Waals surface area contributed by atoms with Crippen molar-refractivity contribution in [3.63, 3.8) is 0 Å². The van der Waals surface area contributed by atoms with E-state index in [1.807, 2.05) is 6.07 Å². The molecule has 1 aromatic heterocycles. The minimum Gasteiger partial charge on any atom is -0.486 e. The van der Waals surface area contributed by atoms with E-state index in [4.69, 9.17) is 20.8 Å². The minimum atomic E-state index is -0.452. The van der Waals surface area contributed by atoms with Crippen molar-refractivity contribution in [3.05, 3.63) is 52.7 Å². The van der Waals surface area contributed by atoms with Gasteiger partial charge in [0.1, 0.15) is 23.9 Å². The Hall–Kier alpha value is -1.52. The fourth-order valence-electron chi connectivity index (χ4n) is 1.91. The van der Waals surface area contributed by atoms with E-state index in [9.17, 15) is 4.39 Å². The molecule has 5 heteroatoms. The molecule has 1 heterocycles. The lowest BCUT2D eigenvalue weighted by Crippen LogP contribution is -2.16. The Morgan fingerprint density at radius 3 is 2.95 bits per heavy atom. The van der Waals surface area contributed by atoms with Crippen LogP contribution in [-0.4, -0.2) is 6.04 Å². The summed E-state index contributed by atoms with van der Waals surface area (Å²) in [5.74, 6) is 0.846. The lowest BCUT2D eigenvalue weighted by atomic mass is 10.2. The summed E-state index contributed by atoms with van der Waals surface area (Å²) in [4.78, 5) is 0. The van der Waals surface area contributed by atoms with Crippen molar-refractivity contribution < 1.29 is 13.5 Å². The molecule has 1 aliphatic carbocycles. The van der Waals surface area contributed by atoms with E-state index >= 15 is 0 Å². The zero-order chi connectivity index (χ0) is 13.9. The molecule has 0 spiro atoms. The highest BCUT2D eigenvalue weighted by Gasteiger charge is 2.21. The average molecular weight is 296 g/mol. The molecule has 1 saturated carbocycles. The highest BCUT2D eigenvalue weighted by atomic mass is 35.5. The molecular weight excluding hydrogens is 281 g/mol. The van der Waals surface area contributed by atoms with Crippen LogP contribution >= 0.6 is 11.6 Å². The van der Waals surface area contributed by atoms with Crippen LogP contribution in [0.15, 0.2) is 34.9 Å². The molecule has 1 aromatic carbocycles. The Balaban J connectivity index is 1.59. The van der Waals surface area contributed by atoms with Crippen molar-refractivity contribution in [2.75, 3.05) is 0 Å². The van der Waals surface area contributed by atoms with Crippen LogP contribution in [0.4, 0.5) is 4.39 Å². The van der Waals surface area contributed by atoms with Gasteiger partial charge in [0.25, 0.3) is 0 Å². The van der Waals surface area contributed by atoms with Crippen molar-refractivity contribution >= 4 is 11.6 Å². The molecule has 0 atom stereocenters. The second-order valence-electron chi connectivity index (χ2n) is 4.89. The van der Waals surface area contributed by atoms with Crippen LogP contribution in [0.2, 0.25) is 5.02 Å². The second kappa shape index (κ2) is 5.85. The Morgan fingerprint density at radius 1 is 1.35 bits per heavy atom. The molecule has 1 fully saturated rings. The van der Waals surface area contributed by atoms with Crippen LogP contribution in [0.25, 0.3) is 0 Å². The van der Waals surface area contributed by atoms with E-state index in [1.54, 1.807) is 12.3 Å². The molecule has 1 N–H and O–H groups in total. The van der Waals surface area contributed by atoms with Crippen molar-refractivity contribution in [3.8, 4) is 5.75 Å². The number of furan rings is 1. The van der Waals surface area contributed by atoms with Gasteiger partial charge in [-0.1, -0.05) is 11.6 Å². The number of hydrogen-bond acceptors (Lipinski definition) is 3. The molecule has 0 unspecified atom stereocenters. The smallest absolute Gasteiger partial charge is 0.146 e. The first-order chi connectivity index (χ1) is 9.72. The van der Waals surface area contributed by atoms with Gasteiger partial charge in [-0.15, -0.1) is 0 Å². The zero-order valence-electron chi connectivity index (χ0n) is 10.9. The van der Waals surface area contributed by atoms with Gasteiger partial charge in [-0.05, 0) is 31.0 Å². The molecule has 0 amide bonds. The van der Waals surface area contributed by atoms with Crippen molar-refractivity contribution in [2.45, 2.75) is 32.0 Å². The zero-order valence-corrected chi connectivity index (χ0v) is 11.6. The summed E-state index contributed by atoms with van der Waals surface area (Å²) in [5, 5.41) is 3.48. The third-order valence-electron chi connectivity index (χ3n) is 3.26. The monoisotopic (exact) mass is 295 g/mol. The number of halogens is 2. The largest absolute Gasteiger partial charge is 0.486 e. The summed E-state index contributed by atoms with van der Waals surface area (Å²) in [6, 6.07) is 6.88. The van der Waals surface area contributed by atoms with Gasteiger partial charge in [-0.2, -0.15) is 0 Å². The van der Waals surface area contributed by atoms with Gasteiger partial charge in [-0.25, -0.2) is 4.39 Å². The van der Waals surface area contributed by atoms with Crippen LogP contribution in [-0.2, 0) is 13.2 Å². The topological polar surface area (TPSA) is 34.4 Å². The van der Waals surface area contributed by atoms with Gasteiger partial charge in [-0.3, -0.25) is 0 Å². The van der Waals surface area contributed by atoms with Crippen LogP contribution < -0.4 is 10.1 Å². The lowest BCUT2D eigenvalue weighted by molar-refractivity contribution is 0.268. The van der Waals surface area contributed by atoms with Crippen LogP contribution in [0, 0.1) is 5.82 Å². The summed E-state index contributed by atoms with van der Waals surface area (Å²) in [6.45, 7) is 1.08. The lowest BCUT2D eigenvalue weighted by Gasteiger charge is -2.07. The Labute approximate surface area is 121 Å². The maximum atomic E-state index is 13.0. The Morgan fingerprint density at radius 2 is 2.20 bits per heavy atom. The van der Waals surface area contributed by atoms with Crippen LogP contribution in [0.1, 0.15) is 24.2 Å². The maximum absolute atomic E-state index is 13.0.